The van der Waals surface area contributed by atoms with Crippen LogP contribution in [-0.4, -0.2) is 4.98 Å². The summed E-state index contributed by atoms with van der Waals surface area (Å²) >= 11 is 5.91. The fourth-order valence-electron chi connectivity index (χ4n) is 2.26. The van der Waals surface area contributed by atoms with E-state index >= 15 is 0 Å². The molecule has 0 aliphatic rings. The molecule has 94 valence electrons. The quantitative estimate of drug-likeness (QED) is 0.765. The average Bonchev–Trinajstić information content (AvgIpc) is 2.47. The van der Waals surface area contributed by atoms with Gasteiger partial charge in [0, 0.05) is 22.8 Å². The molecule has 1 aromatic heterocycles. The van der Waals surface area contributed by atoms with Gasteiger partial charge in [-0.25, -0.2) is 0 Å². The van der Waals surface area contributed by atoms with E-state index in [1.54, 1.807) is 6.20 Å². The number of hydrogen-bond acceptors (Lipinski definition) is 2. The van der Waals surface area contributed by atoms with Gasteiger partial charge >= 0.3 is 0 Å². The van der Waals surface area contributed by atoms with E-state index in [9.17, 15) is 0 Å². The smallest absolute Gasteiger partial charge is 0.0558 e. The van der Waals surface area contributed by atoms with Crippen molar-refractivity contribution in [3.8, 4) is 0 Å². The van der Waals surface area contributed by atoms with Gasteiger partial charge in [-0.15, -0.1) is 0 Å². The average molecular weight is 269 g/mol. The molecule has 2 aromatic carbocycles. The Morgan fingerprint density at radius 3 is 2.58 bits per heavy atom. The maximum Gasteiger partial charge on any atom is 0.0558 e. The third-order valence-electron chi connectivity index (χ3n) is 3.28. The van der Waals surface area contributed by atoms with E-state index in [4.69, 9.17) is 17.3 Å². The largest absolute Gasteiger partial charge is 0.320 e. The molecular weight excluding hydrogens is 256 g/mol. The SMILES string of the molecule is NC(c1ccc(Cl)cc1)c1cccc2ccncc12. The summed E-state index contributed by atoms with van der Waals surface area (Å²) in [7, 11) is 0. The zero-order chi connectivity index (χ0) is 13.2. The Hall–Kier alpha value is -1.90. The molecule has 0 fully saturated rings. The lowest BCUT2D eigenvalue weighted by atomic mass is 9.95. The number of pyridine rings is 1. The Bertz CT molecular complexity index is 702. The van der Waals surface area contributed by atoms with Gasteiger partial charge in [0.15, 0.2) is 0 Å². The van der Waals surface area contributed by atoms with E-state index in [0.717, 1.165) is 26.9 Å². The summed E-state index contributed by atoms with van der Waals surface area (Å²) in [6.45, 7) is 0. The first-order valence-corrected chi connectivity index (χ1v) is 6.47. The Morgan fingerprint density at radius 2 is 1.79 bits per heavy atom. The minimum absolute atomic E-state index is 0.176. The number of aromatic nitrogens is 1. The molecule has 2 nitrogen and oxygen atoms in total. The standard InChI is InChI=1S/C16H13ClN2/c17-13-6-4-12(5-7-13)16(18)14-3-1-2-11-8-9-19-10-15(11)14/h1-10,16H,18H2. The van der Waals surface area contributed by atoms with Crippen LogP contribution in [0.4, 0.5) is 0 Å². The van der Waals surface area contributed by atoms with Gasteiger partial charge in [-0.05, 0) is 34.7 Å². The van der Waals surface area contributed by atoms with Crippen LogP contribution in [-0.2, 0) is 0 Å². The highest BCUT2D eigenvalue weighted by molar-refractivity contribution is 6.30. The Morgan fingerprint density at radius 1 is 1.00 bits per heavy atom. The molecule has 1 heterocycles. The predicted octanol–water partition coefficient (Wildman–Crippen LogP) is 3.94. The Labute approximate surface area is 116 Å². The van der Waals surface area contributed by atoms with Crippen molar-refractivity contribution in [1.29, 1.82) is 0 Å². The molecule has 3 heteroatoms. The molecule has 0 aliphatic heterocycles. The van der Waals surface area contributed by atoms with Gasteiger partial charge < -0.3 is 5.73 Å². The summed E-state index contributed by atoms with van der Waals surface area (Å²) in [5.74, 6) is 0. The summed E-state index contributed by atoms with van der Waals surface area (Å²) in [6.07, 6.45) is 3.65. The number of benzene rings is 2. The number of hydrogen-bond donors (Lipinski definition) is 1. The predicted molar refractivity (Wildman–Crippen MR) is 79.2 cm³/mol. The van der Waals surface area contributed by atoms with Crippen LogP contribution in [0.5, 0.6) is 0 Å². The van der Waals surface area contributed by atoms with Gasteiger partial charge in [0.1, 0.15) is 0 Å². The number of fused-ring (bicyclic) bond motifs is 1. The van der Waals surface area contributed by atoms with Gasteiger partial charge in [0.25, 0.3) is 0 Å². The van der Waals surface area contributed by atoms with Gasteiger partial charge in [-0.2, -0.15) is 0 Å². The van der Waals surface area contributed by atoms with E-state index in [0.29, 0.717) is 0 Å². The van der Waals surface area contributed by atoms with Crippen molar-refractivity contribution in [3.05, 3.63) is 77.1 Å². The van der Waals surface area contributed by atoms with E-state index in [2.05, 4.69) is 11.1 Å². The molecule has 0 radical (unpaired) electrons. The fourth-order valence-corrected chi connectivity index (χ4v) is 2.38. The number of nitrogens with zero attached hydrogens (tertiary/aromatic N) is 1. The summed E-state index contributed by atoms with van der Waals surface area (Å²) in [5, 5.41) is 2.96. The molecule has 2 N–H and O–H groups in total. The van der Waals surface area contributed by atoms with Crippen molar-refractivity contribution in [2.24, 2.45) is 5.73 Å². The lowest BCUT2D eigenvalue weighted by Crippen LogP contribution is -2.12. The highest BCUT2D eigenvalue weighted by Gasteiger charge is 2.11. The van der Waals surface area contributed by atoms with E-state index < -0.39 is 0 Å². The molecule has 3 aromatic rings. The summed E-state index contributed by atoms with van der Waals surface area (Å²) < 4.78 is 0. The minimum Gasteiger partial charge on any atom is -0.320 e. The zero-order valence-electron chi connectivity index (χ0n) is 10.3. The van der Waals surface area contributed by atoms with Crippen molar-refractivity contribution in [2.75, 3.05) is 0 Å². The van der Waals surface area contributed by atoms with Crippen LogP contribution in [0.25, 0.3) is 10.8 Å². The topological polar surface area (TPSA) is 38.9 Å². The summed E-state index contributed by atoms with van der Waals surface area (Å²) in [4.78, 5) is 4.19. The van der Waals surface area contributed by atoms with Gasteiger partial charge in [-0.1, -0.05) is 41.9 Å². The van der Waals surface area contributed by atoms with Crippen molar-refractivity contribution in [2.45, 2.75) is 6.04 Å². The molecule has 1 atom stereocenters. The van der Waals surface area contributed by atoms with Crippen LogP contribution < -0.4 is 5.73 Å². The molecule has 0 saturated carbocycles. The van der Waals surface area contributed by atoms with E-state index in [1.165, 1.54) is 0 Å². The van der Waals surface area contributed by atoms with Crippen molar-refractivity contribution < 1.29 is 0 Å². The summed E-state index contributed by atoms with van der Waals surface area (Å²) in [5.41, 5.74) is 8.48. The zero-order valence-corrected chi connectivity index (χ0v) is 11.0. The van der Waals surface area contributed by atoms with Crippen LogP contribution >= 0.6 is 11.6 Å². The molecule has 0 saturated heterocycles. The maximum atomic E-state index is 6.36. The van der Waals surface area contributed by atoms with Crippen molar-refractivity contribution in [3.63, 3.8) is 0 Å². The molecule has 19 heavy (non-hydrogen) atoms. The monoisotopic (exact) mass is 268 g/mol. The Kier molecular flexibility index (Phi) is 3.20. The minimum atomic E-state index is -0.176. The van der Waals surface area contributed by atoms with Crippen LogP contribution in [0, 0.1) is 0 Å². The molecule has 0 bridgehead atoms. The van der Waals surface area contributed by atoms with Crippen LogP contribution in [0.3, 0.4) is 0 Å². The first-order chi connectivity index (χ1) is 9.25. The number of halogens is 1. The molecule has 3 rings (SSSR count). The Balaban J connectivity index is 2.11. The van der Waals surface area contributed by atoms with E-state index in [1.807, 2.05) is 48.7 Å². The van der Waals surface area contributed by atoms with Crippen LogP contribution in [0.15, 0.2) is 60.9 Å². The third-order valence-corrected chi connectivity index (χ3v) is 3.53. The molecule has 1 unspecified atom stereocenters. The second-order valence-electron chi connectivity index (χ2n) is 4.47. The van der Waals surface area contributed by atoms with Gasteiger partial charge in [0.05, 0.1) is 6.04 Å². The van der Waals surface area contributed by atoms with Crippen molar-refractivity contribution in [1.82, 2.24) is 4.98 Å². The molecule has 0 spiro atoms. The van der Waals surface area contributed by atoms with Crippen molar-refractivity contribution >= 4 is 22.4 Å². The second-order valence-corrected chi connectivity index (χ2v) is 4.91. The van der Waals surface area contributed by atoms with Crippen LogP contribution in [0.1, 0.15) is 17.2 Å². The first kappa shape index (κ1) is 12.2. The van der Waals surface area contributed by atoms with Gasteiger partial charge in [0.2, 0.25) is 0 Å². The third kappa shape index (κ3) is 2.33. The highest BCUT2D eigenvalue weighted by atomic mass is 35.5. The molecular formula is C16H13ClN2. The fraction of sp³-hybridized carbons (Fsp3) is 0.0625. The number of rotatable bonds is 2. The van der Waals surface area contributed by atoms with Gasteiger partial charge in [-0.3, -0.25) is 4.98 Å². The lowest BCUT2D eigenvalue weighted by molar-refractivity contribution is 0.880. The maximum absolute atomic E-state index is 6.36. The summed E-state index contributed by atoms with van der Waals surface area (Å²) in [6, 6.07) is 15.6. The lowest BCUT2D eigenvalue weighted by Gasteiger charge is -2.15. The first-order valence-electron chi connectivity index (χ1n) is 6.09. The molecule has 0 amide bonds. The van der Waals surface area contributed by atoms with Crippen LogP contribution in [0.2, 0.25) is 5.02 Å². The van der Waals surface area contributed by atoms with E-state index in [-0.39, 0.29) is 6.04 Å². The highest BCUT2D eigenvalue weighted by Crippen LogP contribution is 2.27. The second kappa shape index (κ2) is 5.00. The number of nitrogens with two attached hydrogens (primary N) is 1. The molecule has 0 aliphatic carbocycles. The normalized spacial score (nSPS) is 12.5.